The van der Waals surface area contributed by atoms with Gasteiger partial charge in [-0.1, -0.05) is 24.6 Å². The second kappa shape index (κ2) is 9.41. The molecule has 1 aromatic rings. The highest BCUT2D eigenvalue weighted by atomic mass is 16.5. The molecule has 27 heavy (non-hydrogen) atoms. The number of aryl methyl sites for hydroxylation is 1. The lowest BCUT2D eigenvalue weighted by Gasteiger charge is -2.30. The molecule has 0 saturated heterocycles. The van der Waals surface area contributed by atoms with Crippen LogP contribution in [0.4, 0.5) is 4.79 Å². The van der Waals surface area contributed by atoms with Gasteiger partial charge in [-0.2, -0.15) is 0 Å². The van der Waals surface area contributed by atoms with Crippen LogP contribution in [0.5, 0.6) is 5.75 Å². The maximum atomic E-state index is 12.5. The molecule has 0 fully saturated rings. The zero-order valence-corrected chi connectivity index (χ0v) is 16.7. The fourth-order valence-corrected chi connectivity index (χ4v) is 3.23. The molecular formula is C20H29N3O4. The zero-order chi connectivity index (χ0) is 20.0. The summed E-state index contributed by atoms with van der Waals surface area (Å²) in [5, 5.41) is 5.57. The molecule has 0 aromatic heterocycles. The molecule has 1 aliphatic heterocycles. The minimum Gasteiger partial charge on any atom is -0.496 e. The fourth-order valence-electron chi connectivity index (χ4n) is 3.23. The summed E-state index contributed by atoms with van der Waals surface area (Å²) in [6.45, 7) is 7.04. The van der Waals surface area contributed by atoms with Crippen LogP contribution < -0.4 is 15.4 Å². The Hall–Kier alpha value is -2.54. The lowest BCUT2D eigenvalue weighted by molar-refractivity contribution is -0.139. The molecule has 2 rings (SSSR count). The van der Waals surface area contributed by atoms with E-state index >= 15 is 0 Å². The summed E-state index contributed by atoms with van der Waals surface area (Å²) in [6, 6.07) is 5.37. The van der Waals surface area contributed by atoms with E-state index in [0.29, 0.717) is 30.8 Å². The summed E-state index contributed by atoms with van der Waals surface area (Å²) >= 11 is 0. The molecule has 0 bridgehead atoms. The molecule has 7 nitrogen and oxygen atoms in total. The molecule has 1 aromatic carbocycles. The molecule has 0 aliphatic carbocycles. The first-order valence-corrected chi connectivity index (χ1v) is 9.19. The Morgan fingerprint density at radius 1 is 1.26 bits per heavy atom. The summed E-state index contributed by atoms with van der Waals surface area (Å²) in [5.74, 6) is 0.418. The Labute approximate surface area is 160 Å². The van der Waals surface area contributed by atoms with Gasteiger partial charge in [0.1, 0.15) is 5.75 Å². The zero-order valence-electron chi connectivity index (χ0n) is 16.7. The highest BCUT2D eigenvalue weighted by Gasteiger charge is 2.31. The number of urea groups is 1. The molecular weight excluding hydrogens is 346 g/mol. The number of amides is 2. The van der Waals surface area contributed by atoms with Gasteiger partial charge in [-0.25, -0.2) is 9.59 Å². The van der Waals surface area contributed by atoms with Gasteiger partial charge in [-0.05, 0) is 33.4 Å². The Morgan fingerprint density at radius 3 is 2.63 bits per heavy atom. The van der Waals surface area contributed by atoms with Gasteiger partial charge < -0.3 is 20.1 Å². The van der Waals surface area contributed by atoms with Crippen molar-refractivity contribution in [3.63, 3.8) is 0 Å². The fraction of sp³-hybridized carbons (Fsp3) is 0.500. The summed E-state index contributed by atoms with van der Waals surface area (Å²) < 4.78 is 10.6. The van der Waals surface area contributed by atoms with E-state index in [2.05, 4.69) is 16.7 Å². The van der Waals surface area contributed by atoms with Crippen LogP contribution >= 0.6 is 0 Å². The van der Waals surface area contributed by atoms with E-state index < -0.39 is 5.97 Å². The molecule has 148 valence electrons. The average molecular weight is 375 g/mol. The summed E-state index contributed by atoms with van der Waals surface area (Å²) in [5.41, 5.74) is 3.26. The summed E-state index contributed by atoms with van der Waals surface area (Å²) in [4.78, 5) is 26.5. The molecule has 0 radical (unpaired) electrons. The van der Waals surface area contributed by atoms with Crippen molar-refractivity contribution in [2.45, 2.75) is 39.8 Å². The van der Waals surface area contributed by atoms with Crippen LogP contribution in [-0.2, 0) is 16.1 Å². The first kappa shape index (κ1) is 20.8. The van der Waals surface area contributed by atoms with E-state index in [0.717, 1.165) is 16.9 Å². The number of rotatable bonds is 8. The van der Waals surface area contributed by atoms with Gasteiger partial charge in [0.2, 0.25) is 0 Å². The van der Waals surface area contributed by atoms with Gasteiger partial charge in [-0.15, -0.1) is 0 Å². The van der Waals surface area contributed by atoms with Crippen LogP contribution in [0, 0.1) is 6.92 Å². The number of nitrogens with zero attached hydrogens (tertiary/aromatic N) is 1. The Morgan fingerprint density at radius 2 is 2.00 bits per heavy atom. The van der Waals surface area contributed by atoms with Crippen molar-refractivity contribution >= 4 is 12.0 Å². The second-order valence-electron chi connectivity index (χ2n) is 6.66. The van der Waals surface area contributed by atoms with Crippen molar-refractivity contribution in [1.29, 1.82) is 0 Å². The quantitative estimate of drug-likeness (QED) is 0.682. The van der Waals surface area contributed by atoms with Crippen LogP contribution in [0.1, 0.15) is 31.4 Å². The molecule has 0 saturated carbocycles. The predicted molar refractivity (Wildman–Crippen MR) is 103 cm³/mol. The highest BCUT2D eigenvalue weighted by Crippen LogP contribution is 2.22. The van der Waals surface area contributed by atoms with Crippen molar-refractivity contribution in [2.75, 3.05) is 27.3 Å². The van der Waals surface area contributed by atoms with Crippen molar-refractivity contribution in [3.05, 3.63) is 40.6 Å². The Balaban J connectivity index is 2.26. The number of carbonyl (C=O) groups is 2. The van der Waals surface area contributed by atoms with Crippen molar-refractivity contribution in [2.24, 2.45) is 0 Å². The molecule has 1 aliphatic rings. The average Bonchev–Trinajstić information content (AvgIpc) is 2.61. The van der Waals surface area contributed by atoms with Crippen LogP contribution in [-0.4, -0.2) is 50.3 Å². The second-order valence-corrected chi connectivity index (χ2v) is 6.66. The third-order valence-electron chi connectivity index (χ3n) is 4.45. The van der Waals surface area contributed by atoms with Crippen LogP contribution in [0.25, 0.3) is 0 Å². The van der Waals surface area contributed by atoms with E-state index in [-0.39, 0.29) is 18.7 Å². The van der Waals surface area contributed by atoms with E-state index in [1.54, 1.807) is 14.0 Å². The highest BCUT2D eigenvalue weighted by molar-refractivity contribution is 5.94. The molecule has 0 spiro atoms. The van der Waals surface area contributed by atoms with Gasteiger partial charge in [0, 0.05) is 24.4 Å². The van der Waals surface area contributed by atoms with Crippen molar-refractivity contribution in [1.82, 2.24) is 15.5 Å². The molecule has 1 atom stereocenters. The van der Waals surface area contributed by atoms with E-state index in [1.807, 2.05) is 37.9 Å². The van der Waals surface area contributed by atoms with Crippen molar-refractivity contribution in [3.8, 4) is 5.75 Å². The van der Waals surface area contributed by atoms with E-state index in [4.69, 9.17) is 9.47 Å². The smallest absolute Gasteiger partial charge is 0.337 e. The molecule has 2 amide bonds. The number of carbonyl (C=O) groups excluding carboxylic acids is 2. The van der Waals surface area contributed by atoms with Crippen LogP contribution in [0.15, 0.2) is 29.5 Å². The van der Waals surface area contributed by atoms with E-state index in [1.165, 1.54) is 0 Å². The van der Waals surface area contributed by atoms with Crippen LogP contribution in [0.3, 0.4) is 0 Å². The monoisotopic (exact) mass is 375 g/mol. The first-order valence-electron chi connectivity index (χ1n) is 9.19. The molecule has 1 heterocycles. The number of likely N-dealkylation sites (N-methyl/N-ethyl adjacent to an activating group) is 1. The number of methoxy groups -OCH3 is 1. The summed E-state index contributed by atoms with van der Waals surface area (Å²) in [6.07, 6.45) is 0.612. The molecule has 0 unspecified atom stereocenters. The predicted octanol–water partition coefficient (Wildman–Crippen LogP) is 2.34. The normalized spacial score (nSPS) is 16.8. The maximum absolute atomic E-state index is 12.5. The number of benzene rings is 1. The van der Waals surface area contributed by atoms with E-state index in [9.17, 15) is 9.59 Å². The largest absolute Gasteiger partial charge is 0.496 e. The third-order valence-corrected chi connectivity index (χ3v) is 4.45. The first-order chi connectivity index (χ1) is 12.9. The summed E-state index contributed by atoms with van der Waals surface area (Å²) in [7, 11) is 3.58. The minimum absolute atomic E-state index is 0.288. The van der Waals surface area contributed by atoms with Gasteiger partial charge in [0.25, 0.3) is 0 Å². The number of ether oxygens (including phenoxy) is 2. The number of nitrogens with one attached hydrogen (secondary N) is 2. The van der Waals surface area contributed by atoms with Crippen molar-refractivity contribution < 1.29 is 19.1 Å². The molecule has 7 heteroatoms. The lowest BCUT2D eigenvalue weighted by atomic mass is 10.00. The molecule has 2 N–H and O–H groups in total. The van der Waals surface area contributed by atoms with Gasteiger partial charge >= 0.3 is 12.0 Å². The standard InChI is InChI=1S/C20H29N3O4/c1-6-15-18(19(24)27-7-2)16(22-20(25)21-15)12-23(4)11-14-10-13(3)8-9-17(14)26-5/h8-10,15H,6-7,11-12H2,1-5H3,(H2,21,22,25)/t15-/m0/s1. The third kappa shape index (κ3) is 5.23. The maximum Gasteiger partial charge on any atom is 0.337 e. The van der Waals surface area contributed by atoms with Crippen LogP contribution in [0.2, 0.25) is 0 Å². The Kier molecular flexibility index (Phi) is 7.24. The number of hydrogen-bond acceptors (Lipinski definition) is 5. The number of esters is 1. The van der Waals surface area contributed by atoms with Gasteiger partial charge in [0.05, 0.1) is 25.3 Å². The minimum atomic E-state index is -0.395. The van der Waals surface area contributed by atoms with Gasteiger partial charge in [0.15, 0.2) is 0 Å². The lowest BCUT2D eigenvalue weighted by Crippen LogP contribution is -2.51. The Bertz CT molecular complexity index is 730. The van der Waals surface area contributed by atoms with Gasteiger partial charge in [-0.3, -0.25) is 4.90 Å². The number of hydrogen-bond donors (Lipinski definition) is 2. The SMILES string of the molecule is CCOC(=O)C1=C(CN(C)Cc2cc(C)ccc2OC)NC(=O)N[C@H]1CC. The topological polar surface area (TPSA) is 79.9 Å².